The Morgan fingerprint density at radius 1 is 1.07 bits per heavy atom. The van der Waals surface area contributed by atoms with Crippen molar-refractivity contribution in [1.82, 2.24) is 0 Å². The molecule has 0 saturated carbocycles. The van der Waals surface area contributed by atoms with E-state index in [1.807, 2.05) is 36.4 Å². The van der Waals surface area contributed by atoms with Crippen molar-refractivity contribution in [3.63, 3.8) is 0 Å². The van der Waals surface area contributed by atoms with Crippen molar-refractivity contribution < 1.29 is 68.5 Å². The van der Waals surface area contributed by atoms with Gasteiger partial charge in [-0.25, -0.2) is 8.42 Å². The SMILES string of the molecule is C=COS(=O)(=O)[O-].[K+].c1ccccc1. The van der Waals surface area contributed by atoms with E-state index in [1.54, 1.807) is 0 Å². The zero-order chi connectivity index (χ0) is 10.2. The molecule has 1 aromatic carbocycles. The third kappa shape index (κ3) is 14.8. The fourth-order valence-electron chi connectivity index (χ4n) is 0.468. The second kappa shape index (κ2) is 9.85. The van der Waals surface area contributed by atoms with Crippen LogP contribution in [-0.2, 0) is 14.6 Å². The molecule has 0 spiro atoms. The maximum Gasteiger partial charge on any atom is 1.00 e. The Hall–Kier alpha value is 0.306. The molecular weight excluding hydrogens is 231 g/mol. The molecule has 0 heterocycles. The van der Waals surface area contributed by atoms with E-state index < -0.39 is 10.4 Å². The Bertz CT molecular complexity index is 296. The van der Waals surface area contributed by atoms with Crippen molar-refractivity contribution in [3.8, 4) is 0 Å². The molecule has 0 aromatic heterocycles. The van der Waals surface area contributed by atoms with Crippen molar-refractivity contribution in [3.05, 3.63) is 49.2 Å². The van der Waals surface area contributed by atoms with Crippen LogP contribution in [0.15, 0.2) is 49.2 Å². The minimum atomic E-state index is -4.54. The fourth-order valence-corrected chi connectivity index (χ4v) is 0.635. The van der Waals surface area contributed by atoms with Crippen molar-refractivity contribution >= 4 is 10.4 Å². The Kier molecular flexibility index (Phi) is 11.8. The molecule has 0 amide bonds. The summed E-state index contributed by atoms with van der Waals surface area (Å²) in [7, 11) is -4.54. The molecule has 1 aromatic rings. The van der Waals surface area contributed by atoms with Crippen molar-refractivity contribution in [2.75, 3.05) is 0 Å². The van der Waals surface area contributed by atoms with Gasteiger partial charge < -0.3 is 8.74 Å². The maximum absolute atomic E-state index is 9.38. The Morgan fingerprint density at radius 2 is 1.36 bits per heavy atom. The van der Waals surface area contributed by atoms with E-state index in [0.29, 0.717) is 6.26 Å². The molecular formula is C8H9KO4S. The molecule has 0 atom stereocenters. The Morgan fingerprint density at radius 3 is 1.43 bits per heavy atom. The third-order valence-electron chi connectivity index (χ3n) is 0.853. The van der Waals surface area contributed by atoms with Crippen LogP contribution in [-0.4, -0.2) is 13.0 Å². The second-order valence-electron chi connectivity index (χ2n) is 1.83. The van der Waals surface area contributed by atoms with Crippen LogP contribution in [0, 0.1) is 0 Å². The third-order valence-corrected chi connectivity index (χ3v) is 1.22. The van der Waals surface area contributed by atoms with Gasteiger partial charge in [-0.05, 0) is 0 Å². The molecule has 0 radical (unpaired) electrons. The molecule has 0 fully saturated rings. The monoisotopic (exact) mass is 240 g/mol. The maximum atomic E-state index is 9.38. The topological polar surface area (TPSA) is 66.4 Å². The molecule has 0 N–H and O–H groups in total. The Balaban J connectivity index is 0. The molecule has 1 rings (SSSR count). The van der Waals surface area contributed by atoms with Gasteiger partial charge >= 0.3 is 51.4 Å². The average Bonchev–Trinajstić information content (AvgIpc) is 2.06. The minimum Gasteiger partial charge on any atom is -0.716 e. The fraction of sp³-hybridized carbons (Fsp3) is 0. The summed E-state index contributed by atoms with van der Waals surface area (Å²) in [6.07, 6.45) is 0.558. The van der Waals surface area contributed by atoms with Crippen LogP contribution in [0.2, 0.25) is 0 Å². The molecule has 0 aliphatic rings. The van der Waals surface area contributed by atoms with Gasteiger partial charge in [-0.2, -0.15) is 0 Å². The number of benzene rings is 1. The second-order valence-corrected chi connectivity index (χ2v) is 2.83. The van der Waals surface area contributed by atoms with Gasteiger partial charge in [0.05, 0.1) is 6.26 Å². The summed E-state index contributed by atoms with van der Waals surface area (Å²) >= 11 is 0. The summed E-state index contributed by atoms with van der Waals surface area (Å²) in [6.45, 7) is 2.84. The van der Waals surface area contributed by atoms with E-state index in [-0.39, 0.29) is 51.4 Å². The van der Waals surface area contributed by atoms with E-state index in [4.69, 9.17) is 0 Å². The van der Waals surface area contributed by atoms with Gasteiger partial charge in [0, 0.05) is 0 Å². The molecule has 14 heavy (non-hydrogen) atoms. The van der Waals surface area contributed by atoms with Crippen LogP contribution in [0.3, 0.4) is 0 Å². The largest absolute Gasteiger partial charge is 1.00 e. The first-order valence-electron chi connectivity index (χ1n) is 3.31. The Labute approximate surface area is 126 Å². The predicted molar refractivity (Wildman–Crippen MR) is 47.4 cm³/mol. The molecule has 72 valence electrons. The van der Waals surface area contributed by atoms with Gasteiger partial charge in [-0.3, -0.25) is 0 Å². The van der Waals surface area contributed by atoms with Crippen LogP contribution < -0.4 is 51.4 Å². The van der Waals surface area contributed by atoms with Crippen LogP contribution in [0.1, 0.15) is 0 Å². The van der Waals surface area contributed by atoms with Crippen molar-refractivity contribution in [2.45, 2.75) is 0 Å². The van der Waals surface area contributed by atoms with Gasteiger partial charge in [0.1, 0.15) is 0 Å². The van der Waals surface area contributed by atoms with Gasteiger partial charge in [-0.15, -0.1) is 0 Å². The van der Waals surface area contributed by atoms with Crippen molar-refractivity contribution in [1.29, 1.82) is 0 Å². The number of hydrogen-bond acceptors (Lipinski definition) is 4. The summed E-state index contributed by atoms with van der Waals surface area (Å²) in [6, 6.07) is 12.0. The summed E-state index contributed by atoms with van der Waals surface area (Å²) in [5, 5.41) is 0. The normalized spacial score (nSPS) is 8.64. The molecule has 0 bridgehead atoms. The van der Waals surface area contributed by atoms with Crippen LogP contribution >= 0.6 is 0 Å². The van der Waals surface area contributed by atoms with Gasteiger partial charge in [0.25, 0.3) is 10.4 Å². The number of hydrogen-bond donors (Lipinski definition) is 0. The molecule has 0 aliphatic heterocycles. The zero-order valence-corrected chi connectivity index (χ0v) is 11.7. The van der Waals surface area contributed by atoms with E-state index in [1.165, 1.54) is 0 Å². The van der Waals surface area contributed by atoms with Crippen LogP contribution in [0.25, 0.3) is 0 Å². The quantitative estimate of drug-likeness (QED) is 0.267. The minimum absolute atomic E-state index is 0. The smallest absolute Gasteiger partial charge is 0.716 e. The van der Waals surface area contributed by atoms with Gasteiger partial charge in [0.2, 0.25) is 0 Å². The molecule has 0 unspecified atom stereocenters. The zero-order valence-electron chi connectivity index (χ0n) is 7.79. The van der Waals surface area contributed by atoms with Crippen LogP contribution in [0.5, 0.6) is 0 Å². The van der Waals surface area contributed by atoms with E-state index in [0.717, 1.165) is 0 Å². The van der Waals surface area contributed by atoms with Crippen LogP contribution in [0.4, 0.5) is 0 Å². The average molecular weight is 240 g/mol. The summed E-state index contributed by atoms with van der Waals surface area (Å²) in [5.41, 5.74) is 0. The summed E-state index contributed by atoms with van der Waals surface area (Å²) in [4.78, 5) is 0. The van der Waals surface area contributed by atoms with E-state index in [9.17, 15) is 13.0 Å². The first-order chi connectivity index (χ1) is 6.06. The van der Waals surface area contributed by atoms with E-state index >= 15 is 0 Å². The first-order valence-corrected chi connectivity index (χ1v) is 4.64. The van der Waals surface area contributed by atoms with Gasteiger partial charge in [0.15, 0.2) is 0 Å². The first kappa shape index (κ1) is 16.7. The molecule has 4 nitrogen and oxygen atoms in total. The van der Waals surface area contributed by atoms with Crippen molar-refractivity contribution in [2.24, 2.45) is 0 Å². The predicted octanol–water partition coefficient (Wildman–Crippen LogP) is -1.70. The summed E-state index contributed by atoms with van der Waals surface area (Å²) < 4.78 is 31.6. The molecule has 0 aliphatic carbocycles. The van der Waals surface area contributed by atoms with Gasteiger partial charge in [-0.1, -0.05) is 43.0 Å². The standard InChI is InChI=1S/C6H6.C2H4O4S.K/c1-2-4-6-5-3-1;1-2-6-7(3,4)5;/h1-6H;2H,1H2,(H,3,4,5);/q;;+1/p-1. The molecule has 0 saturated heterocycles. The molecule has 6 heteroatoms. The number of rotatable bonds is 2. The van der Waals surface area contributed by atoms with E-state index in [2.05, 4.69) is 10.8 Å². The summed E-state index contributed by atoms with van der Waals surface area (Å²) in [5.74, 6) is 0.